The molecule has 1 saturated heterocycles. The molecule has 2 aromatic rings. The number of methoxy groups -OCH3 is 1. The van der Waals surface area contributed by atoms with Gasteiger partial charge in [-0.3, -0.25) is 9.88 Å². The summed E-state index contributed by atoms with van der Waals surface area (Å²) in [6.07, 6.45) is 5.84. The summed E-state index contributed by atoms with van der Waals surface area (Å²) in [6, 6.07) is 11.7. The summed E-state index contributed by atoms with van der Waals surface area (Å²) >= 11 is 0. The zero-order chi connectivity index (χ0) is 19.1. The van der Waals surface area contributed by atoms with Crippen molar-refractivity contribution in [3.8, 4) is 5.75 Å². The number of hydrogen-bond donors (Lipinski definition) is 1. The predicted octanol–water partition coefficient (Wildman–Crippen LogP) is 3.61. The third kappa shape index (κ3) is 4.98. The third-order valence-electron chi connectivity index (χ3n) is 5.09. The molecule has 1 aliphatic rings. The highest BCUT2D eigenvalue weighted by Crippen LogP contribution is 2.24. The number of para-hydroxylation sites is 2. The first kappa shape index (κ1) is 19.2. The second-order valence-corrected chi connectivity index (χ2v) is 6.79. The number of pyridine rings is 1. The van der Waals surface area contributed by atoms with Crippen molar-refractivity contribution >= 4 is 11.7 Å². The number of nitrogens with zero attached hydrogens (tertiary/aromatic N) is 3. The van der Waals surface area contributed by atoms with Gasteiger partial charge < -0.3 is 15.0 Å². The Hall–Kier alpha value is -2.60. The fourth-order valence-electron chi connectivity index (χ4n) is 3.64. The molecule has 1 aromatic heterocycles. The van der Waals surface area contributed by atoms with Crippen molar-refractivity contribution in [1.29, 1.82) is 0 Å². The van der Waals surface area contributed by atoms with E-state index in [4.69, 9.17) is 4.74 Å². The maximum absolute atomic E-state index is 13.1. The largest absolute Gasteiger partial charge is 0.495 e. The molecule has 1 N–H and O–H groups in total. The second kappa shape index (κ2) is 9.37. The van der Waals surface area contributed by atoms with Crippen molar-refractivity contribution in [2.24, 2.45) is 0 Å². The van der Waals surface area contributed by atoms with Crippen molar-refractivity contribution in [2.45, 2.75) is 32.4 Å². The van der Waals surface area contributed by atoms with E-state index >= 15 is 0 Å². The van der Waals surface area contributed by atoms with E-state index in [1.165, 1.54) is 6.42 Å². The topological polar surface area (TPSA) is 57.7 Å². The average molecular weight is 368 g/mol. The lowest BCUT2D eigenvalue weighted by atomic mass is 10.2. The fraction of sp³-hybridized carbons (Fsp3) is 0.429. The van der Waals surface area contributed by atoms with Gasteiger partial charge in [-0.05, 0) is 55.8 Å². The Balaban J connectivity index is 1.76. The smallest absolute Gasteiger partial charge is 0.322 e. The fourth-order valence-corrected chi connectivity index (χ4v) is 3.64. The number of likely N-dealkylation sites (N-methyl/N-ethyl adjacent to an activating group) is 1. The van der Waals surface area contributed by atoms with E-state index in [1.54, 1.807) is 19.5 Å². The van der Waals surface area contributed by atoms with E-state index in [9.17, 15) is 4.79 Å². The first-order valence-corrected chi connectivity index (χ1v) is 9.53. The summed E-state index contributed by atoms with van der Waals surface area (Å²) < 4.78 is 5.36. The van der Waals surface area contributed by atoms with Crippen molar-refractivity contribution in [3.63, 3.8) is 0 Å². The van der Waals surface area contributed by atoms with E-state index in [2.05, 4.69) is 22.1 Å². The molecule has 1 aromatic carbocycles. The Morgan fingerprint density at radius 3 is 2.81 bits per heavy atom. The second-order valence-electron chi connectivity index (χ2n) is 6.79. The minimum Gasteiger partial charge on any atom is -0.495 e. The molecule has 6 heteroatoms. The summed E-state index contributed by atoms with van der Waals surface area (Å²) in [5.74, 6) is 0.658. The van der Waals surface area contributed by atoms with Gasteiger partial charge in [-0.1, -0.05) is 19.1 Å². The number of carbonyl (C=O) groups is 1. The van der Waals surface area contributed by atoms with Gasteiger partial charge in [0.2, 0.25) is 0 Å². The summed E-state index contributed by atoms with van der Waals surface area (Å²) in [5.41, 5.74) is 1.75. The highest BCUT2D eigenvalue weighted by atomic mass is 16.5. The van der Waals surface area contributed by atoms with Crippen LogP contribution in [0.4, 0.5) is 10.5 Å². The van der Waals surface area contributed by atoms with Gasteiger partial charge in [0.25, 0.3) is 0 Å². The normalized spacial score (nSPS) is 16.9. The Morgan fingerprint density at radius 1 is 1.30 bits per heavy atom. The van der Waals surface area contributed by atoms with Crippen LogP contribution in [0.1, 0.15) is 25.3 Å². The van der Waals surface area contributed by atoms with Crippen LogP contribution >= 0.6 is 0 Å². The highest BCUT2D eigenvalue weighted by molar-refractivity contribution is 5.91. The molecule has 1 aliphatic heterocycles. The molecule has 0 bridgehead atoms. The Kier molecular flexibility index (Phi) is 6.65. The number of ether oxygens (including phenoxy) is 1. The van der Waals surface area contributed by atoms with Crippen LogP contribution in [0.25, 0.3) is 0 Å². The minimum absolute atomic E-state index is 0.112. The number of hydrogen-bond acceptors (Lipinski definition) is 4. The van der Waals surface area contributed by atoms with Gasteiger partial charge in [0.05, 0.1) is 12.8 Å². The SMILES string of the molecule is CCN1CCCC1CN(Cc1ccncc1)C(=O)Nc1ccccc1OC. The van der Waals surface area contributed by atoms with E-state index in [0.29, 0.717) is 30.6 Å². The Bertz CT molecular complexity index is 738. The molecule has 144 valence electrons. The van der Waals surface area contributed by atoms with Crippen LogP contribution in [0, 0.1) is 0 Å². The molecule has 3 rings (SSSR count). The molecule has 1 fully saturated rings. The molecule has 0 radical (unpaired) electrons. The van der Waals surface area contributed by atoms with Gasteiger partial charge in [-0.2, -0.15) is 0 Å². The number of rotatable bonds is 7. The molecule has 2 amide bonds. The predicted molar refractivity (Wildman–Crippen MR) is 107 cm³/mol. The zero-order valence-corrected chi connectivity index (χ0v) is 16.1. The first-order valence-electron chi connectivity index (χ1n) is 9.53. The maximum Gasteiger partial charge on any atom is 0.322 e. The number of nitrogens with one attached hydrogen (secondary N) is 1. The van der Waals surface area contributed by atoms with Crippen molar-refractivity contribution < 1.29 is 9.53 Å². The quantitative estimate of drug-likeness (QED) is 0.811. The van der Waals surface area contributed by atoms with Crippen LogP contribution < -0.4 is 10.1 Å². The molecule has 1 unspecified atom stereocenters. The number of anilines is 1. The van der Waals surface area contributed by atoms with Crippen molar-refractivity contribution in [1.82, 2.24) is 14.8 Å². The number of likely N-dealkylation sites (tertiary alicyclic amines) is 1. The molecule has 1 atom stereocenters. The number of aromatic nitrogens is 1. The van der Waals surface area contributed by atoms with Gasteiger partial charge in [0, 0.05) is 31.5 Å². The Labute approximate surface area is 161 Å². The van der Waals surface area contributed by atoms with Crippen molar-refractivity contribution in [3.05, 3.63) is 54.4 Å². The Morgan fingerprint density at radius 2 is 2.07 bits per heavy atom. The standard InChI is InChI=1S/C21H28N4O2/c1-3-24-14-6-7-18(24)16-25(15-17-10-12-22-13-11-17)21(26)23-19-8-4-5-9-20(19)27-2/h4-5,8-13,18H,3,6-7,14-16H2,1-2H3,(H,23,26). The molecule has 27 heavy (non-hydrogen) atoms. The molecule has 0 saturated carbocycles. The first-order chi connectivity index (χ1) is 13.2. The van der Waals surface area contributed by atoms with Gasteiger partial charge in [-0.25, -0.2) is 4.79 Å². The zero-order valence-electron chi connectivity index (χ0n) is 16.1. The molecule has 2 heterocycles. The van der Waals surface area contributed by atoms with E-state index < -0.39 is 0 Å². The van der Waals surface area contributed by atoms with Crippen LogP contribution in [0.15, 0.2) is 48.8 Å². The average Bonchev–Trinajstić information content (AvgIpc) is 3.16. The molecule has 0 aliphatic carbocycles. The van der Waals surface area contributed by atoms with Crippen LogP contribution in [-0.4, -0.2) is 53.6 Å². The lowest BCUT2D eigenvalue weighted by Crippen LogP contribution is -2.44. The number of amides is 2. The number of urea groups is 1. The van der Waals surface area contributed by atoms with Gasteiger partial charge in [0.15, 0.2) is 0 Å². The lowest BCUT2D eigenvalue weighted by molar-refractivity contribution is 0.175. The summed E-state index contributed by atoms with van der Waals surface area (Å²) in [6.45, 7) is 5.56. The van der Waals surface area contributed by atoms with E-state index in [0.717, 1.165) is 25.1 Å². The van der Waals surface area contributed by atoms with Gasteiger partial charge in [-0.15, -0.1) is 0 Å². The minimum atomic E-state index is -0.112. The summed E-state index contributed by atoms with van der Waals surface area (Å²) in [4.78, 5) is 21.5. The lowest BCUT2D eigenvalue weighted by Gasteiger charge is -2.30. The highest BCUT2D eigenvalue weighted by Gasteiger charge is 2.27. The van der Waals surface area contributed by atoms with Gasteiger partial charge in [0.1, 0.15) is 5.75 Å². The third-order valence-corrected chi connectivity index (χ3v) is 5.09. The van der Waals surface area contributed by atoms with E-state index in [-0.39, 0.29) is 6.03 Å². The number of benzene rings is 1. The molecule has 0 spiro atoms. The van der Waals surface area contributed by atoms with E-state index in [1.807, 2.05) is 41.3 Å². The van der Waals surface area contributed by atoms with Crippen LogP contribution in [0.3, 0.4) is 0 Å². The van der Waals surface area contributed by atoms with Crippen LogP contribution in [0.5, 0.6) is 5.75 Å². The monoisotopic (exact) mass is 368 g/mol. The van der Waals surface area contributed by atoms with Crippen molar-refractivity contribution in [2.75, 3.05) is 32.1 Å². The molecular formula is C21H28N4O2. The number of carbonyl (C=O) groups excluding carboxylic acids is 1. The van der Waals surface area contributed by atoms with Gasteiger partial charge >= 0.3 is 6.03 Å². The molecule has 6 nitrogen and oxygen atoms in total. The summed E-state index contributed by atoms with van der Waals surface area (Å²) in [7, 11) is 1.61. The maximum atomic E-state index is 13.1. The van der Waals surface area contributed by atoms with Crippen LogP contribution in [0.2, 0.25) is 0 Å². The molecular weight excluding hydrogens is 340 g/mol. The van der Waals surface area contributed by atoms with Crippen LogP contribution in [-0.2, 0) is 6.54 Å². The summed E-state index contributed by atoms with van der Waals surface area (Å²) in [5, 5.41) is 3.02.